The quantitative estimate of drug-likeness (QED) is 0.691. The third-order valence-corrected chi connectivity index (χ3v) is 4.41. The number of hydrogen-bond acceptors (Lipinski definition) is 4. The van der Waals surface area contributed by atoms with E-state index in [9.17, 15) is 13.2 Å². The van der Waals surface area contributed by atoms with Gasteiger partial charge in [0.2, 0.25) is 15.9 Å². The van der Waals surface area contributed by atoms with E-state index in [1.54, 1.807) is 13.8 Å². The molecule has 0 radical (unpaired) electrons. The van der Waals surface area contributed by atoms with Gasteiger partial charge >= 0.3 is 0 Å². The molecule has 1 heterocycles. The van der Waals surface area contributed by atoms with Crippen LogP contribution in [-0.4, -0.2) is 36.5 Å². The van der Waals surface area contributed by atoms with Gasteiger partial charge in [0.05, 0.1) is 11.3 Å². The van der Waals surface area contributed by atoms with E-state index in [-0.39, 0.29) is 18.2 Å². The highest BCUT2D eigenvalue weighted by Crippen LogP contribution is 2.24. The maximum atomic E-state index is 11.6. The second-order valence-electron chi connectivity index (χ2n) is 4.09. The van der Waals surface area contributed by atoms with Gasteiger partial charge in [0, 0.05) is 13.0 Å². The topological polar surface area (TPSA) is 80.5 Å². The average molecular weight is 220 g/mol. The summed E-state index contributed by atoms with van der Waals surface area (Å²) in [4.78, 5) is 11.5. The zero-order valence-corrected chi connectivity index (χ0v) is 9.30. The van der Waals surface area contributed by atoms with Crippen molar-refractivity contribution in [1.82, 2.24) is 4.31 Å². The molecule has 1 saturated heterocycles. The van der Waals surface area contributed by atoms with Gasteiger partial charge in [-0.15, -0.1) is 0 Å². The summed E-state index contributed by atoms with van der Waals surface area (Å²) in [5.41, 5.74) is 4.65. The number of nitrogens with two attached hydrogens (primary N) is 1. The fourth-order valence-electron chi connectivity index (χ4n) is 1.55. The molecule has 0 saturated carbocycles. The molecule has 82 valence electrons. The Bertz CT molecular complexity index is 334. The largest absolute Gasteiger partial charge is 0.328 e. The molecular weight excluding hydrogens is 204 g/mol. The summed E-state index contributed by atoms with van der Waals surface area (Å²) < 4.78 is 24.2. The van der Waals surface area contributed by atoms with Crippen molar-refractivity contribution in [3.05, 3.63) is 0 Å². The van der Waals surface area contributed by atoms with E-state index in [0.29, 0.717) is 12.8 Å². The number of amides is 1. The number of carbonyl (C=O) groups is 1. The molecule has 1 aliphatic heterocycles. The van der Waals surface area contributed by atoms with Crippen LogP contribution in [0.15, 0.2) is 0 Å². The fourth-order valence-corrected chi connectivity index (χ4v) is 3.47. The molecule has 0 aliphatic carbocycles. The standard InChI is InChI=1S/C8H16N2O3S/c1-8(2,6-9)10-7(11)4-3-5-14(10,12)13/h3-6,9H2,1-2H3. The zero-order valence-electron chi connectivity index (χ0n) is 8.49. The molecule has 0 aromatic carbocycles. The number of carbonyl (C=O) groups excluding carboxylic acids is 1. The van der Waals surface area contributed by atoms with Crippen molar-refractivity contribution < 1.29 is 13.2 Å². The molecule has 1 aliphatic rings. The van der Waals surface area contributed by atoms with E-state index < -0.39 is 15.6 Å². The van der Waals surface area contributed by atoms with Crippen molar-refractivity contribution in [2.75, 3.05) is 12.3 Å². The second-order valence-corrected chi connectivity index (χ2v) is 6.03. The number of rotatable bonds is 2. The van der Waals surface area contributed by atoms with Crippen LogP contribution >= 0.6 is 0 Å². The summed E-state index contributed by atoms with van der Waals surface area (Å²) in [5, 5.41) is 0. The molecule has 1 amide bonds. The van der Waals surface area contributed by atoms with Crippen molar-refractivity contribution >= 4 is 15.9 Å². The maximum absolute atomic E-state index is 11.6. The molecule has 6 heteroatoms. The van der Waals surface area contributed by atoms with Crippen LogP contribution < -0.4 is 5.73 Å². The minimum atomic E-state index is -3.44. The highest BCUT2D eigenvalue weighted by molar-refractivity contribution is 7.89. The van der Waals surface area contributed by atoms with Crippen LogP contribution in [-0.2, 0) is 14.8 Å². The SMILES string of the molecule is CC(C)(CN)N1C(=O)CCCS1(=O)=O. The van der Waals surface area contributed by atoms with Crippen molar-refractivity contribution in [3.63, 3.8) is 0 Å². The monoisotopic (exact) mass is 220 g/mol. The van der Waals surface area contributed by atoms with E-state index in [2.05, 4.69) is 0 Å². The highest BCUT2D eigenvalue weighted by atomic mass is 32.2. The molecule has 1 fully saturated rings. The summed E-state index contributed by atoms with van der Waals surface area (Å²) in [6.07, 6.45) is 0.709. The molecule has 1 rings (SSSR count). The molecule has 0 spiro atoms. The van der Waals surface area contributed by atoms with Crippen LogP contribution in [0.25, 0.3) is 0 Å². The van der Waals surface area contributed by atoms with Crippen molar-refractivity contribution in [3.8, 4) is 0 Å². The smallest absolute Gasteiger partial charge is 0.237 e. The third kappa shape index (κ3) is 1.90. The summed E-state index contributed by atoms with van der Waals surface area (Å²) in [7, 11) is -3.44. The van der Waals surface area contributed by atoms with Crippen molar-refractivity contribution in [1.29, 1.82) is 0 Å². The van der Waals surface area contributed by atoms with Gasteiger partial charge in [-0.25, -0.2) is 12.7 Å². The van der Waals surface area contributed by atoms with Crippen LogP contribution in [0.4, 0.5) is 0 Å². The van der Waals surface area contributed by atoms with Crippen LogP contribution in [0, 0.1) is 0 Å². The summed E-state index contributed by atoms with van der Waals surface area (Å²) in [6, 6.07) is 0. The Kier molecular flexibility index (Phi) is 2.87. The van der Waals surface area contributed by atoms with Crippen molar-refractivity contribution in [2.45, 2.75) is 32.2 Å². The van der Waals surface area contributed by atoms with E-state index in [4.69, 9.17) is 5.73 Å². The Morgan fingerprint density at radius 1 is 1.50 bits per heavy atom. The first-order chi connectivity index (χ1) is 6.31. The molecule has 0 aromatic rings. The van der Waals surface area contributed by atoms with Gasteiger partial charge in [-0.1, -0.05) is 0 Å². The molecule has 0 unspecified atom stereocenters. The lowest BCUT2D eigenvalue weighted by molar-refractivity contribution is -0.130. The van der Waals surface area contributed by atoms with Gasteiger partial charge < -0.3 is 5.73 Å². The zero-order chi connectivity index (χ0) is 11.0. The van der Waals surface area contributed by atoms with Gasteiger partial charge in [-0.2, -0.15) is 0 Å². The maximum Gasteiger partial charge on any atom is 0.237 e. The molecular formula is C8H16N2O3S. The lowest BCUT2D eigenvalue weighted by Gasteiger charge is -2.38. The normalized spacial score (nSPS) is 22.5. The minimum Gasteiger partial charge on any atom is -0.328 e. The van der Waals surface area contributed by atoms with E-state index in [0.717, 1.165) is 4.31 Å². The first kappa shape index (κ1) is 11.5. The van der Waals surface area contributed by atoms with Gasteiger partial charge in [0.1, 0.15) is 0 Å². The molecule has 0 atom stereocenters. The number of nitrogens with zero attached hydrogens (tertiary/aromatic N) is 1. The second kappa shape index (κ2) is 3.51. The van der Waals surface area contributed by atoms with Crippen molar-refractivity contribution in [2.24, 2.45) is 5.73 Å². The first-order valence-corrected chi connectivity index (χ1v) is 6.18. The van der Waals surface area contributed by atoms with E-state index >= 15 is 0 Å². The van der Waals surface area contributed by atoms with Gasteiger partial charge in [0.25, 0.3) is 0 Å². The highest BCUT2D eigenvalue weighted by Gasteiger charge is 2.41. The molecule has 5 nitrogen and oxygen atoms in total. The van der Waals surface area contributed by atoms with Crippen LogP contribution in [0.3, 0.4) is 0 Å². The minimum absolute atomic E-state index is 0.0438. The molecule has 0 aromatic heterocycles. The lowest BCUT2D eigenvalue weighted by Crippen LogP contribution is -2.57. The molecule has 2 N–H and O–H groups in total. The van der Waals surface area contributed by atoms with Crippen LogP contribution in [0.1, 0.15) is 26.7 Å². The van der Waals surface area contributed by atoms with E-state index in [1.807, 2.05) is 0 Å². The Morgan fingerprint density at radius 3 is 2.50 bits per heavy atom. The van der Waals surface area contributed by atoms with Gasteiger partial charge in [-0.3, -0.25) is 4.79 Å². The molecule has 14 heavy (non-hydrogen) atoms. The fraction of sp³-hybridized carbons (Fsp3) is 0.875. The van der Waals surface area contributed by atoms with Gasteiger partial charge in [0.15, 0.2) is 0 Å². The Morgan fingerprint density at radius 2 is 2.07 bits per heavy atom. The van der Waals surface area contributed by atoms with Crippen LogP contribution in [0.2, 0.25) is 0 Å². The first-order valence-electron chi connectivity index (χ1n) is 4.57. The third-order valence-electron chi connectivity index (χ3n) is 2.35. The number of hydrogen-bond donors (Lipinski definition) is 1. The Labute approximate surface area is 84.3 Å². The Hall–Kier alpha value is -0.620. The predicted octanol–water partition coefficient (Wildman–Crippen LogP) is -0.324. The summed E-state index contributed by atoms with van der Waals surface area (Å²) in [6.45, 7) is 3.46. The average Bonchev–Trinajstić information content (AvgIpc) is 2.01. The molecule has 0 bridgehead atoms. The summed E-state index contributed by atoms with van der Waals surface area (Å²) in [5.74, 6) is -0.297. The van der Waals surface area contributed by atoms with Gasteiger partial charge in [-0.05, 0) is 20.3 Å². The summed E-state index contributed by atoms with van der Waals surface area (Å²) >= 11 is 0. The lowest BCUT2D eigenvalue weighted by atomic mass is 10.1. The number of sulfonamides is 1. The Balaban J connectivity index is 3.09. The predicted molar refractivity (Wildman–Crippen MR) is 53.0 cm³/mol. The van der Waals surface area contributed by atoms with Crippen LogP contribution in [0.5, 0.6) is 0 Å². The van der Waals surface area contributed by atoms with E-state index in [1.165, 1.54) is 0 Å².